The van der Waals surface area contributed by atoms with E-state index in [9.17, 15) is 0 Å². The molecular weight excluding hydrogens is 348 g/mol. The molecule has 0 saturated carbocycles. The van der Waals surface area contributed by atoms with Crippen LogP contribution in [-0.2, 0) is 13.1 Å². The fourth-order valence-electron chi connectivity index (χ4n) is 3.38. The second kappa shape index (κ2) is 16.9. The third-order valence-electron chi connectivity index (χ3n) is 5.06. The maximum absolute atomic E-state index is 3.60. The van der Waals surface area contributed by atoms with E-state index in [4.69, 9.17) is 0 Å². The second-order valence-electron chi connectivity index (χ2n) is 7.54. The molecule has 0 unspecified atom stereocenters. The van der Waals surface area contributed by atoms with Crippen LogP contribution in [0.25, 0.3) is 0 Å². The van der Waals surface area contributed by atoms with Crippen LogP contribution in [0.15, 0.2) is 24.3 Å². The number of hydrogen-bond acceptors (Lipinski definition) is 6. The van der Waals surface area contributed by atoms with Gasteiger partial charge in [-0.05, 0) is 89.2 Å². The Morgan fingerprint density at radius 3 is 1.11 bits per heavy atom. The van der Waals surface area contributed by atoms with E-state index in [-0.39, 0.29) is 0 Å². The van der Waals surface area contributed by atoms with E-state index in [0.717, 1.165) is 78.5 Å². The van der Waals surface area contributed by atoms with E-state index in [0.29, 0.717) is 0 Å². The van der Waals surface area contributed by atoms with Gasteiger partial charge in [0.25, 0.3) is 0 Å². The molecule has 0 spiro atoms. The Morgan fingerprint density at radius 2 is 0.714 bits per heavy atom. The zero-order valence-electron chi connectivity index (χ0n) is 17.6. The maximum Gasteiger partial charge on any atom is 0.0208 e. The number of benzene rings is 1. The lowest BCUT2D eigenvalue weighted by molar-refractivity contribution is 0.539. The lowest BCUT2D eigenvalue weighted by Crippen LogP contribution is -2.31. The topological polar surface area (TPSA) is 72.2 Å². The number of fused-ring (bicyclic) bond motifs is 1. The average Bonchev–Trinajstić information content (AvgIpc) is 2.72. The third kappa shape index (κ3) is 11.7. The van der Waals surface area contributed by atoms with Gasteiger partial charge in [0.1, 0.15) is 0 Å². The zero-order chi connectivity index (χ0) is 19.5. The summed E-state index contributed by atoms with van der Waals surface area (Å²) in [5, 5.41) is 21.3. The molecule has 1 aromatic rings. The highest BCUT2D eigenvalue weighted by atomic mass is 15.0. The molecule has 0 atom stereocenters. The Labute approximate surface area is 172 Å². The van der Waals surface area contributed by atoms with Gasteiger partial charge in [-0.1, -0.05) is 24.3 Å². The first kappa shape index (κ1) is 23.3. The smallest absolute Gasteiger partial charge is 0.0208 e. The Morgan fingerprint density at radius 1 is 0.393 bits per heavy atom. The molecule has 6 heteroatoms. The van der Waals surface area contributed by atoms with Crippen LogP contribution in [0.4, 0.5) is 0 Å². The van der Waals surface area contributed by atoms with Crippen LogP contribution < -0.4 is 31.9 Å². The van der Waals surface area contributed by atoms with E-state index in [1.165, 1.54) is 36.8 Å². The molecule has 160 valence electrons. The summed E-state index contributed by atoms with van der Waals surface area (Å²) in [5.74, 6) is 0. The quantitative estimate of drug-likeness (QED) is 0.394. The summed E-state index contributed by atoms with van der Waals surface area (Å²) >= 11 is 0. The van der Waals surface area contributed by atoms with Crippen molar-refractivity contribution in [1.82, 2.24) is 31.9 Å². The summed E-state index contributed by atoms with van der Waals surface area (Å²) in [6.45, 7) is 12.7. The molecule has 0 aromatic heterocycles. The molecule has 1 aliphatic heterocycles. The number of rotatable bonds is 0. The SMILES string of the molecule is c1ccc2c(c1)CNCCCNCCCNCCNCCCNCCCNC2. The van der Waals surface area contributed by atoms with Gasteiger partial charge < -0.3 is 31.9 Å². The standard InChI is InChI=1S/C22H42N6/c1-2-8-22-20-28-16-6-12-24-10-4-14-26-18-17-25-13-3-9-23-11-5-15-27-19-21(22)7-1/h1-2,7-8,23-28H,3-6,9-20H2. The summed E-state index contributed by atoms with van der Waals surface area (Å²) in [6.07, 6.45) is 4.73. The monoisotopic (exact) mass is 390 g/mol. The van der Waals surface area contributed by atoms with Crippen molar-refractivity contribution < 1.29 is 0 Å². The molecule has 0 bridgehead atoms. The van der Waals surface area contributed by atoms with Crippen molar-refractivity contribution in [1.29, 1.82) is 0 Å². The molecule has 0 radical (unpaired) electrons. The van der Waals surface area contributed by atoms with Crippen LogP contribution in [0.5, 0.6) is 0 Å². The van der Waals surface area contributed by atoms with Gasteiger partial charge in [0.15, 0.2) is 0 Å². The van der Waals surface area contributed by atoms with E-state index in [1.54, 1.807) is 0 Å². The molecule has 0 saturated heterocycles. The second-order valence-corrected chi connectivity index (χ2v) is 7.54. The van der Waals surface area contributed by atoms with Gasteiger partial charge in [0.2, 0.25) is 0 Å². The van der Waals surface area contributed by atoms with E-state index in [1.807, 2.05) is 0 Å². The van der Waals surface area contributed by atoms with Gasteiger partial charge >= 0.3 is 0 Å². The predicted octanol–water partition coefficient (Wildman–Crippen LogP) is 0.798. The van der Waals surface area contributed by atoms with E-state index in [2.05, 4.69) is 56.2 Å². The van der Waals surface area contributed by atoms with Crippen molar-refractivity contribution in [3.8, 4) is 0 Å². The zero-order valence-corrected chi connectivity index (χ0v) is 17.6. The molecule has 1 aromatic carbocycles. The molecule has 0 amide bonds. The minimum absolute atomic E-state index is 0.956. The highest BCUT2D eigenvalue weighted by Gasteiger charge is 2.01. The van der Waals surface area contributed by atoms with Crippen molar-refractivity contribution in [3.05, 3.63) is 35.4 Å². The molecule has 0 aliphatic carbocycles. The summed E-state index contributed by atoms with van der Waals surface area (Å²) in [4.78, 5) is 0. The van der Waals surface area contributed by atoms with Crippen molar-refractivity contribution in [2.75, 3.05) is 65.4 Å². The molecule has 6 nitrogen and oxygen atoms in total. The molecular formula is C22H42N6. The first-order valence-corrected chi connectivity index (χ1v) is 11.3. The third-order valence-corrected chi connectivity index (χ3v) is 5.06. The molecule has 2 rings (SSSR count). The van der Waals surface area contributed by atoms with Crippen molar-refractivity contribution in [3.63, 3.8) is 0 Å². The lowest BCUT2D eigenvalue weighted by Gasteiger charge is -2.12. The van der Waals surface area contributed by atoms with Crippen LogP contribution in [0.3, 0.4) is 0 Å². The molecule has 1 heterocycles. The average molecular weight is 391 g/mol. The van der Waals surface area contributed by atoms with Gasteiger partial charge in [-0.2, -0.15) is 0 Å². The van der Waals surface area contributed by atoms with Crippen LogP contribution >= 0.6 is 0 Å². The first-order valence-electron chi connectivity index (χ1n) is 11.3. The number of hydrogen-bond donors (Lipinski definition) is 6. The van der Waals surface area contributed by atoms with Crippen molar-refractivity contribution in [2.45, 2.75) is 38.8 Å². The maximum atomic E-state index is 3.60. The van der Waals surface area contributed by atoms with Gasteiger partial charge in [-0.15, -0.1) is 0 Å². The first-order chi connectivity index (χ1) is 14.0. The number of nitrogens with one attached hydrogen (secondary N) is 6. The molecule has 6 N–H and O–H groups in total. The largest absolute Gasteiger partial charge is 0.317 e. The predicted molar refractivity (Wildman–Crippen MR) is 120 cm³/mol. The highest BCUT2D eigenvalue weighted by Crippen LogP contribution is 2.08. The summed E-state index contributed by atoms with van der Waals surface area (Å²) < 4.78 is 0. The Kier molecular flexibility index (Phi) is 14.0. The molecule has 0 fully saturated rings. The fourth-order valence-corrected chi connectivity index (χ4v) is 3.38. The van der Waals surface area contributed by atoms with Crippen LogP contribution in [0, 0.1) is 0 Å². The lowest BCUT2D eigenvalue weighted by atomic mass is 10.1. The van der Waals surface area contributed by atoms with Gasteiger partial charge in [-0.3, -0.25) is 0 Å². The summed E-state index contributed by atoms with van der Waals surface area (Å²) in [7, 11) is 0. The molecule has 1 aliphatic rings. The van der Waals surface area contributed by atoms with Gasteiger partial charge in [0, 0.05) is 26.2 Å². The van der Waals surface area contributed by atoms with Gasteiger partial charge in [-0.25, -0.2) is 0 Å². The van der Waals surface area contributed by atoms with E-state index >= 15 is 0 Å². The van der Waals surface area contributed by atoms with Gasteiger partial charge in [0.05, 0.1) is 0 Å². The van der Waals surface area contributed by atoms with Crippen LogP contribution in [-0.4, -0.2) is 65.4 Å². The van der Waals surface area contributed by atoms with Crippen LogP contribution in [0.2, 0.25) is 0 Å². The van der Waals surface area contributed by atoms with Crippen molar-refractivity contribution >= 4 is 0 Å². The Bertz CT molecular complexity index is 439. The normalized spacial score (nSPS) is 21.3. The highest BCUT2D eigenvalue weighted by molar-refractivity contribution is 5.26. The minimum atomic E-state index is 0.956. The van der Waals surface area contributed by atoms with E-state index < -0.39 is 0 Å². The Hall–Kier alpha value is -1.02. The minimum Gasteiger partial charge on any atom is -0.317 e. The Balaban J connectivity index is 1.68. The molecule has 28 heavy (non-hydrogen) atoms. The summed E-state index contributed by atoms with van der Waals surface area (Å²) in [5.41, 5.74) is 2.82. The fraction of sp³-hybridized carbons (Fsp3) is 0.727. The summed E-state index contributed by atoms with van der Waals surface area (Å²) in [6, 6.07) is 8.78. The van der Waals surface area contributed by atoms with Crippen LogP contribution in [0.1, 0.15) is 36.8 Å². The van der Waals surface area contributed by atoms with Crippen molar-refractivity contribution in [2.24, 2.45) is 0 Å².